The molecule has 0 bridgehead atoms. The molecular weight excluding hydrogens is 829 g/mol. The van der Waals surface area contributed by atoms with Gasteiger partial charge in [-0.25, -0.2) is 28.9 Å². The number of amides is 2. The number of carboxylic acid groups (broad SMARTS) is 2. The summed E-state index contributed by atoms with van der Waals surface area (Å²) in [6.07, 6.45) is 6.26. The molecule has 20 nitrogen and oxygen atoms in total. The maximum Gasteiger partial charge on any atom is 0.407 e. The van der Waals surface area contributed by atoms with E-state index in [4.69, 9.17) is 18.9 Å². The van der Waals surface area contributed by atoms with E-state index in [-0.39, 0.29) is 43.1 Å². The van der Waals surface area contributed by atoms with Crippen molar-refractivity contribution in [1.29, 1.82) is 0 Å². The number of hydrogen-bond acceptors (Lipinski definition) is 14. The van der Waals surface area contributed by atoms with Gasteiger partial charge in [0.05, 0.1) is 84.5 Å². The molecule has 0 aromatic carbocycles. The third-order valence-corrected chi connectivity index (χ3v) is 11.1. The molecule has 2 fully saturated rings. The van der Waals surface area contributed by atoms with E-state index in [1.54, 1.807) is 35.6 Å². The van der Waals surface area contributed by atoms with Gasteiger partial charge in [-0.1, -0.05) is 37.6 Å². The number of alkyl carbamates (subject to hydrolysis) is 2. The summed E-state index contributed by atoms with van der Waals surface area (Å²) in [4.78, 5) is 55.6. The van der Waals surface area contributed by atoms with Crippen LogP contribution in [0.2, 0.25) is 0 Å². The predicted molar refractivity (Wildman–Crippen MR) is 232 cm³/mol. The Morgan fingerprint density at radius 2 is 1.17 bits per heavy atom. The van der Waals surface area contributed by atoms with Gasteiger partial charge in [0, 0.05) is 14.1 Å². The summed E-state index contributed by atoms with van der Waals surface area (Å²) >= 11 is 0. The molecular formula is C44H62N10O10. The van der Waals surface area contributed by atoms with E-state index in [0.717, 1.165) is 38.5 Å². The minimum absolute atomic E-state index is 0.133. The molecule has 4 aromatic rings. The van der Waals surface area contributed by atoms with E-state index >= 15 is 0 Å². The fraction of sp³-hybridized carbons (Fsp3) is 0.591. The molecule has 0 radical (unpaired) electrons. The highest BCUT2D eigenvalue weighted by Gasteiger charge is 2.30. The van der Waals surface area contributed by atoms with E-state index in [0.29, 0.717) is 95.9 Å². The molecule has 2 aliphatic carbocycles. The van der Waals surface area contributed by atoms with Crippen LogP contribution < -0.4 is 20.1 Å². The van der Waals surface area contributed by atoms with Crippen LogP contribution in [-0.4, -0.2) is 99.7 Å². The molecule has 4 heterocycles. The number of aryl methyl sites for hydroxylation is 4. The second-order valence-electron chi connectivity index (χ2n) is 16.6. The SMILES string of the molecule is CCCCOC(=O)NCc1c(-c2ccc(O[C@H]3CCC[C@H](C(=O)O)C3)c(C)n2)nnn1C.Cc1nc(-c2nnn(C)c2CNC(=O)OCC(C)C)ccc1O[C@H]1CCCC(C(=O)O)C1. The number of carboxylic acids is 2. The fourth-order valence-electron chi connectivity index (χ4n) is 7.43. The van der Waals surface area contributed by atoms with Crippen LogP contribution in [0.15, 0.2) is 24.3 Å². The number of nitrogens with zero attached hydrogens (tertiary/aromatic N) is 8. The van der Waals surface area contributed by atoms with Gasteiger partial charge in [-0.3, -0.25) is 9.59 Å². The van der Waals surface area contributed by atoms with E-state index < -0.39 is 24.1 Å². The van der Waals surface area contributed by atoms with Gasteiger partial charge >= 0.3 is 24.1 Å². The highest BCUT2D eigenvalue weighted by molar-refractivity contribution is 5.71. The molecule has 2 amide bonds. The van der Waals surface area contributed by atoms with E-state index in [2.05, 4.69) is 41.2 Å². The Balaban J connectivity index is 0.000000241. The van der Waals surface area contributed by atoms with Crippen LogP contribution in [-0.2, 0) is 46.2 Å². The monoisotopic (exact) mass is 890 g/mol. The average molecular weight is 891 g/mol. The lowest BCUT2D eigenvalue weighted by atomic mass is 9.87. The Morgan fingerprint density at radius 3 is 1.58 bits per heavy atom. The minimum Gasteiger partial charge on any atom is -0.489 e. The number of hydrogen-bond donors (Lipinski definition) is 4. The number of carbonyl (C=O) groups is 4. The lowest BCUT2D eigenvalue weighted by Crippen LogP contribution is -2.29. The van der Waals surface area contributed by atoms with Gasteiger partial charge in [0.25, 0.3) is 0 Å². The van der Waals surface area contributed by atoms with Crippen LogP contribution in [0.25, 0.3) is 22.8 Å². The molecule has 4 aromatic heterocycles. The van der Waals surface area contributed by atoms with Crippen LogP contribution in [0.3, 0.4) is 0 Å². The van der Waals surface area contributed by atoms with Gasteiger partial charge in [0.15, 0.2) is 0 Å². The molecule has 20 heteroatoms. The molecule has 64 heavy (non-hydrogen) atoms. The molecule has 2 aliphatic rings. The van der Waals surface area contributed by atoms with Crippen molar-refractivity contribution in [3.63, 3.8) is 0 Å². The summed E-state index contributed by atoms with van der Waals surface area (Å²) in [7, 11) is 3.50. The first kappa shape index (κ1) is 48.7. The highest BCUT2D eigenvalue weighted by atomic mass is 16.6. The fourth-order valence-corrected chi connectivity index (χ4v) is 7.43. The molecule has 0 spiro atoms. The maximum absolute atomic E-state index is 11.9. The van der Waals surface area contributed by atoms with Gasteiger partial charge < -0.3 is 39.8 Å². The number of nitrogens with one attached hydrogen (secondary N) is 2. The minimum atomic E-state index is -0.764. The third kappa shape index (κ3) is 13.8. The normalized spacial score (nSPS) is 18.3. The molecule has 0 saturated heterocycles. The van der Waals surface area contributed by atoms with Gasteiger partial charge in [0.1, 0.15) is 22.9 Å². The summed E-state index contributed by atoms with van der Waals surface area (Å²) in [6.45, 7) is 10.8. The second kappa shape index (κ2) is 23.4. The quantitative estimate of drug-likeness (QED) is 0.0845. The Bertz CT molecular complexity index is 2210. The van der Waals surface area contributed by atoms with Crippen LogP contribution in [0.1, 0.15) is 108 Å². The molecule has 348 valence electrons. The number of rotatable bonds is 17. The van der Waals surface area contributed by atoms with E-state index in [1.165, 1.54) is 0 Å². The molecule has 0 aliphatic heterocycles. The molecule has 4 N–H and O–H groups in total. The topological polar surface area (TPSA) is 257 Å². The zero-order chi connectivity index (χ0) is 46.3. The Morgan fingerprint density at radius 1 is 0.719 bits per heavy atom. The largest absolute Gasteiger partial charge is 0.489 e. The number of unbranched alkanes of at least 4 members (excludes halogenated alkanes) is 1. The molecule has 6 rings (SSSR count). The van der Waals surface area contributed by atoms with Crippen LogP contribution in [0, 0.1) is 31.6 Å². The first-order chi connectivity index (χ1) is 30.6. The van der Waals surface area contributed by atoms with Crippen molar-refractivity contribution in [2.24, 2.45) is 31.8 Å². The second-order valence-corrected chi connectivity index (χ2v) is 16.6. The van der Waals surface area contributed by atoms with Crippen molar-refractivity contribution in [1.82, 2.24) is 50.6 Å². The highest BCUT2D eigenvalue weighted by Crippen LogP contribution is 2.32. The van der Waals surface area contributed by atoms with Crippen molar-refractivity contribution in [2.45, 2.75) is 124 Å². The Hall–Kier alpha value is -6.34. The van der Waals surface area contributed by atoms with Crippen LogP contribution >= 0.6 is 0 Å². The summed E-state index contributed by atoms with van der Waals surface area (Å²) in [5.74, 6) is -0.723. The summed E-state index contributed by atoms with van der Waals surface area (Å²) in [6, 6.07) is 7.25. The van der Waals surface area contributed by atoms with Gasteiger partial charge in [-0.2, -0.15) is 0 Å². The Labute approximate surface area is 372 Å². The molecule has 2 saturated carbocycles. The smallest absolute Gasteiger partial charge is 0.407 e. The standard InChI is InChI=1S/2C22H31N5O5/c1-13(2)12-31-22(30)23-11-18-20(25-26-27(18)4)17-8-9-19(14(3)24-17)32-16-7-5-6-15(10-16)21(28)29;1-4-5-11-31-22(30)23-13-18-20(25-26-27(18)3)17-9-10-19(14(2)24-17)32-16-8-6-7-15(12-16)21(28)29/h8-9,13,15-16H,5-7,10-12H2,1-4H3,(H,23,30)(H,28,29);9-10,15-16H,4-8,11-13H2,1-3H3,(H,23,30)(H,28,29)/t15?,16-;15-,16-/m00/s1. The van der Waals surface area contributed by atoms with E-state index in [9.17, 15) is 29.4 Å². The number of carbonyl (C=O) groups excluding carboxylic acids is 2. The zero-order valence-corrected chi connectivity index (χ0v) is 37.8. The summed E-state index contributed by atoms with van der Waals surface area (Å²) < 4.78 is 25.6. The Kier molecular flexibility index (Phi) is 17.8. The van der Waals surface area contributed by atoms with Crippen molar-refractivity contribution >= 4 is 24.1 Å². The number of aliphatic carboxylic acids is 2. The summed E-state index contributed by atoms with van der Waals surface area (Å²) in [5, 5.41) is 40.6. The first-order valence-corrected chi connectivity index (χ1v) is 22.0. The first-order valence-electron chi connectivity index (χ1n) is 22.0. The number of aromatic nitrogens is 8. The lowest BCUT2D eigenvalue weighted by Gasteiger charge is -2.27. The molecule has 1 unspecified atom stereocenters. The molecule has 4 atom stereocenters. The van der Waals surface area contributed by atoms with Crippen LogP contribution in [0.5, 0.6) is 11.5 Å². The van der Waals surface area contributed by atoms with Crippen molar-refractivity contribution < 1.29 is 48.3 Å². The number of ether oxygens (including phenoxy) is 4. The lowest BCUT2D eigenvalue weighted by molar-refractivity contribution is -0.144. The van der Waals surface area contributed by atoms with Crippen molar-refractivity contribution in [2.75, 3.05) is 13.2 Å². The number of pyridine rings is 2. The van der Waals surface area contributed by atoms with E-state index in [1.807, 2.05) is 46.8 Å². The third-order valence-electron chi connectivity index (χ3n) is 11.1. The average Bonchev–Trinajstić information content (AvgIpc) is 3.83. The maximum atomic E-state index is 11.9. The zero-order valence-electron chi connectivity index (χ0n) is 37.8. The van der Waals surface area contributed by atoms with Crippen molar-refractivity contribution in [3.05, 3.63) is 47.0 Å². The van der Waals surface area contributed by atoms with Crippen molar-refractivity contribution in [3.8, 4) is 34.3 Å². The van der Waals surface area contributed by atoms with Crippen LogP contribution in [0.4, 0.5) is 9.59 Å². The van der Waals surface area contributed by atoms with Gasteiger partial charge in [0.2, 0.25) is 0 Å². The van der Waals surface area contributed by atoms with Gasteiger partial charge in [-0.15, -0.1) is 10.2 Å². The predicted octanol–water partition coefficient (Wildman–Crippen LogP) is 6.32. The van der Waals surface area contributed by atoms with Gasteiger partial charge in [-0.05, 0) is 102 Å². The summed E-state index contributed by atoms with van der Waals surface area (Å²) in [5.41, 5.74) is 5.13.